The molecule has 0 unspecified atom stereocenters. The first-order chi connectivity index (χ1) is 8.58. The maximum absolute atomic E-state index is 11.9. The van der Waals surface area contributed by atoms with Crippen LogP contribution in [-0.4, -0.2) is 16.1 Å². The van der Waals surface area contributed by atoms with Crippen LogP contribution in [0.4, 0.5) is 5.69 Å². The molecule has 0 atom stereocenters. The number of aromatic amines is 1. The van der Waals surface area contributed by atoms with E-state index in [1.807, 2.05) is 0 Å². The van der Waals surface area contributed by atoms with Gasteiger partial charge in [0.1, 0.15) is 0 Å². The molecular formula is C11H10Cl2N4O. The van der Waals surface area contributed by atoms with Crippen molar-refractivity contribution in [3.05, 3.63) is 45.7 Å². The predicted molar refractivity (Wildman–Crippen MR) is 70.6 cm³/mol. The van der Waals surface area contributed by atoms with Crippen LogP contribution in [0.15, 0.2) is 24.4 Å². The van der Waals surface area contributed by atoms with Crippen LogP contribution in [0.1, 0.15) is 16.1 Å². The van der Waals surface area contributed by atoms with E-state index in [1.165, 1.54) is 12.1 Å². The average Bonchev–Trinajstić information content (AvgIpc) is 2.83. The number of carbonyl (C=O) groups is 1. The summed E-state index contributed by atoms with van der Waals surface area (Å²) in [7, 11) is 0. The van der Waals surface area contributed by atoms with Gasteiger partial charge in [-0.1, -0.05) is 23.2 Å². The highest BCUT2D eigenvalue weighted by Crippen LogP contribution is 2.28. The summed E-state index contributed by atoms with van der Waals surface area (Å²) in [6.45, 7) is 0.321. The number of benzene rings is 1. The molecule has 7 heteroatoms. The van der Waals surface area contributed by atoms with Crippen LogP contribution in [-0.2, 0) is 6.54 Å². The van der Waals surface area contributed by atoms with Crippen molar-refractivity contribution in [3.63, 3.8) is 0 Å². The highest BCUT2D eigenvalue weighted by Gasteiger charge is 2.14. The summed E-state index contributed by atoms with van der Waals surface area (Å²) in [4.78, 5) is 11.9. The van der Waals surface area contributed by atoms with Crippen molar-refractivity contribution in [2.45, 2.75) is 6.54 Å². The fourth-order valence-corrected chi connectivity index (χ4v) is 1.85. The van der Waals surface area contributed by atoms with E-state index in [2.05, 4.69) is 15.5 Å². The molecular weight excluding hydrogens is 275 g/mol. The smallest absolute Gasteiger partial charge is 0.253 e. The number of nitrogen functional groups attached to an aromatic ring is 1. The van der Waals surface area contributed by atoms with Gasteiger partial charge in [-0.3, -0.25) is 9.89 Å². The minimum atomic E-state index is -0.344. The maximum Gasteiger partial charge on any atom is 0.253 e. The van der Waals surface area contributed by atoms with Crippen molar-refractivity contribution < 1.29 is 4.79 Å². The van der Waals surface area contributed by atoms with E-state index in [9.17, 15) is 4.79 Å². The number of nitrogens with two attached hydrogens (primary N) is 1. The molecule has 1 heterocycles. The Morgan fingerprint density at radius 1 is 1.44 bits per heavy atom. The number of rotatable bonds is 3. The number of aromatic nitrogens is 2. The number of amides is 1. The number of H-pyrrole nitrogens is 1. The van der Waals surface area contributed by atoms with E-state index in [1.54, 1.807) is 12.3 Å². The Hall–Kier alpha value is -1.72. The van der Waals surface area contributed by atoms with Gasteiger partial charge in [0.25, 0.3) is 5.91 Å². The zero-order chi connectivity index (χ0) is 13.1. The van der Waals surface area contributed by atoms with Crippen LogP contribution < -0.4 is 11.1 Å². The second kappa shape index (κ2) is 5.29. The summed E-state index contributed by atoms with van der Waals surface area (Å²) < 4.78 is 0. The normalized spacial score (nSPS) is 10.3. The second-order valence-corrected chi connectivity index (χ2v) is 4.41. The molecule has 1 amide bonds. The summed E-state index contributed by atoms with van der Waals surface area (Å²) in [6.07, 6.45) is 1.60. The summed E-state index contributed by atoms with van der Waals surface area (Å²) in [5, 5.41) is 9.64. The van der Waals surface area contributed by atoms with Crippen LogP contribution in [0.25, 0.3) is 0 Å². The minimum absolute atomic E-state index is 0.188. The zero-order valence-electron chi connectivity index (χ0n) is 9.21. The number of halogens is 2. The molecule has 2 aromatic rings. The molecule has 0 aliphatic heterocycles. The Morgan fingerprint density at radius 2 is 2.22 bits per heavy atom. The van der Waals surface area contributed by atoms with Gasteiger partial charge in [0.05, 0.1) is 27.8 Å². The maximum atomic E-state index is 11.9. The first kappa shape index (κ1) is 12.7. The van der Waals surface area contributed by atoms with Crippen LogP contribution in [0.3, 0.4) is 0 Å². The van der Waals surface area contributed by atoms with E-state index < -0.39 is 0 Å². The van der Waals surface area contributed by atoms with Crippen molar-refractivity contribution in [1.82, 2.24) is 15.5 Å². The van der Waals surface area contributed by atoms with Crippen LogP contribution in [0.5, 0.6) is 0 Å². The molecule has 1 aromatic heterocycles. The molecule has 0 spiro atoms. The van der Waals surface area contributed by atoms with E-state index >= 15 is 0 Å². The molecule has 5 nitrogen and oxygen atoms in total. The molecule has 0 bridgehead atoms. The number of hydrogen-bond donors (Lipinski definition) is 3. The van der Waals surface area contributed by atoms with Crippen molar-refractivity contribution in [3.8, 4) is 0 Å². The molecule has 0 saturated heterocycles. The van der Waals surface area contributed by atoms with Crippen LogP contribution in [0, 0.1) is 0 Å². The topological polar surface area (TPSA) is 83.8 Å². The lowest BCUT2D eigenvalue weighted by atomic mass is 10.2. The fraction of sp³-hybridized carbons (Fsp3) is 0.0909. The number of nitrogens with one attached hydrogen (secondary N) is 2. The van der Waals surface area contributed by atoms with E-state index in [4.69, 9.17) is 28.9 Å². The third-order valence-corrected chi connectivity index (χ3v) is 3.10. The molecule has 4 N–H and O–H groups in total. The molecule has 0 aliphatic carbocycles. The first-order valence-electron chi connectivity index (χ1n) is 5.09. The van der Waals surface area contributed by atoms with Crippen molar-refractivity contribution >= 4 is 34.8 Å². The number of anilines is 1. The van der Waals surface area contributed by atoms with Gasteiger partial charge in [0, 0.05) is 11.9 Å². The highest BCUT2D eigenvalue weighted by atomic mass is 35.5. The third kappa shape index (κ3) is 2.75. The number of nitrogens with zero attached hydrogens (tertiary/aromatic N) is 1. The Bertz CT molecular complexity index is 569. The number of hydrogen-bond acceptors (Lipinski definition) is 3. The quantitative estimate of drug-likeness (QED) is 0.756. The number of carbonyl (C=O) groups excluding carboxylic acids is 1. The lowest BCUT2D eigenvalue weighted by molar-refractivity contribution is 0.0950. The summed E-state index contributed by atoms with van der Waals surface area (Å²) in [6, 6.07) is 4.74. The average molecular weight is 285 g/mol. The summed E-state index contributed by atoms with van der Waals surface area (Å²) >= 11 is 11.8. The lowest BCUT2D eigenvalue weighted by Crippen LogP contribution is -2.23. The van der Waals surface area contributed by atoms with Gasteiger partial charge in [0.15, 0.2) is 0 Å². The van der Waals surface area contributed by atoms with Gasteiger partial charge in [-0.2, -0.15) is 5.10 Å². The van der Waals surface area contributed by atoms with E-state index in [-0.39, 0.29) is 21.5 Å². The molecule has 18 heavy (non-hydrogen) atoms. The SMILES string of the molecule is Nc1cc(Cl)c(Cl)c(C(=O)NCc2ccn[nH]2)c1. The first-order valence-corrected chi connectivity index (χ1v) is 5.84. The molecule has 0 aliphatic rings. The molecule has 2 rings (SSSR count). The Morgan fingerprint density at radius 3 is 2.89 bits per heavy atom. The summed E-state index contributed by atoms with van der Waals surface area (Å²) in [5.41, 5.74) is 7.04. The lowest BCUT2D eigenvalue weighted by Gasteiger charge is -2.08. The van der Waals surface area contributed by atoms with Crippen molar-refractivity contribution in [2.24, 2.45) is 0 Å². The van der Waals surface area contributed by atoms with Crippen LogP contribution in [0.2, 0.25) is 10.0 Å². The van der Waals surface area contributed by atoms with Crippen molar-refractivity contribution in [1.29, 1.82) is 0 Å². The molecule has 0 saturated carbocycles. The minimum Gasteiger partial charge on any atom is -0.399 e. The predicted octanol–water partition coefficient (Wildman–Crippen LogP) is 2.23. The van der Waals surface area contributed by atoms with Crippen molar-refractivity contribution in [2.75, 3.05) is 5.73 Å². The van der Waals surface area contributed by atoms with Gasteiger partial charge < -0.3 is 11.1 Å². The standard InChI is InChI=1S/C11H10Cl2N4O/c12-9-4-6(14)3-8(10(9)13)11(18)15-5-7-1-2-16-17-7/h1-4H,5,14H2,(H,15,18)(H,16,17). The van der Waals surface area contributed by atoms with Gasteiger partial charge >= 0.3 is 0 Å². The second-order valence-electron chi connectivity index (χ2n) is 3.63. The van der Waals surface area contributed by atoms with Gasteiger partial charge in [0.2, 0.25) is 0 Å². The Balaban J connectivity index is 2.14. The molecule has 0 fully saturated rings. The van der Waals surface area contributed by atoms with Gasteiger partial charge in [-0.25, -0.2) is 0 Å². The van der Waals surface area contributed by atoms with E-state index in [0.717, 1.165) is 5.69 Å². The highest BCUT2D eigenvalue weighted by molar-refractivity contribution is 6.44. The Kier molecular flexibility index (Phi) is 3.74. The summed E-state index contributed by atoms with van der Waals surface area (Å²) in [5.74, 6) is -0.344. The monoisotopic (exact) mass is 284 g/mol. The molecule has 0 radical (unpaired) electrons. The van der Waals surface area contributed by atoms with E-state index in [0.29, 0.717) is 12.2 Å². The van der Waals surface area contributed by atoms with Crippen LogP contribution >= 0.6 is 23.2 Å². The third-order valence-electron chi connectivity index (χ3n) is 2.29. The zero-order valence-corrected chi connectivity index (χ0v) is 10.7. The van der Waals surface area contributed by atoms with Gasteiger partial charge in [-0.15, -0.1) is 0 Å². The largest absolute Gasteiger partial charge is 0.399 e. The fourth-order valence-electron chi connectivity index (χ4n) is 1.43. The Labute approximate surface area is 113 Å². The molecule has 94 valence electrons. The molecule has 1 aromatic carbocycles. The van der Waals surface area contributed by atoms with Gasteiger partial charge in [-0.05, 0) is 18.2 Å².